The van der Waals surface area contributed by atoms with Gasteiger partial charge in [0, 0.05) is 6.42 Å². The zero-order valence-electron chi connectivity index (χ0n) is 6.74. The van der Waals surface area contributed by atoms with Crippen molar-refractivity contribution in [1.82, 2.24) is 0 Å². The number of halogens is 3. The molecule has 0 radical (unpaired) electrons. The molecule has 0 aromatic rings. The first kappa shape index (κ1) is 14.7. The van der Waals surface area contributed by atoms with Crippen molar-refractivity contribution in [3.63, 3.8) is 0 Å². The van der Waals surface area contributed by atoms with E-state index < -0.39 is 13.3 Å². The molecule has 0 rings (SSSR count). The van der Waals surface area contributed by atoms with Crippen LogP contribution in [0.25, 0.3) is 0 Å². The van der Waals surface area contributed by atoms with Crippen LogP contribution in [-0.4, -0.2) is 12.8 Å². The molecule has 0 bridgehead atoms. The van der Waals surface area contributed by atoms with Crippen LogP contribution in [0.1, 0.15) is 19.8 Å². The zero-order chi connectivity index (χ0) is 8.20. The fourth-order valence-corrected chi connectivity index (χ4v) is 0.501. The smallest absolute Gasteiger partial charge is 0.449 e. The summed E-state index contributed by atoms with van der Waals surface area (Å²) in [5, 5.41) is 0. The van der Waals surface area contributed by atoms with Crippen LogP contribution in [0.5, 0.6) is 0 Å². The molecule has 0 N–H and O–H groups in total. The molecule has 0 fully saturated rings. The Morgan fingerprint density at radius 1 is 1.36 bits per heavy atom. The van der Waals surface area contributed by atoms with E-state index in [2.05, 4.69) is 0 Å². The molecule has 0 aliphatic carbocycles. The second kappa shape index (κ2) is 6.65. The van der Waals surface area contributed by atoms with Crippen LogP contribution in [0.2, 0.25) is 6.32 Å². The van der Waals surface area contributed by atoms with Crippen molar-refractivity contribution in [1.29, 1.82) is 0 Å². The molecular weight excluding hydrogens is 183 g/mol. The Labute approximate surface area is 107 Å². The Balaban J connectivity index is 0. The van der Waals surface area contributed by atoms with Crippen LogP contribution in [0.15, 0.2) is 0 Å². The number of hydrogen-bond donors (Lipinski definition) is 0. The summed E-state index contributed by atoms with van der Waals surface area (Å²) < 4.78 is 34.4. The molecule has 0 aromatic heterocycles. The van der Waals surface area contributed by atoms with E-state index in [-0.39, 0.29) is 70.0 Å². The van der Waals surface area contributed by atoms with E-state index in [1.807, 2.05) is 0 Å². The number of ketones is 1. The number of carbonyl (C=O) groups is 1. The van der Waals surface area contributed by atoms with Gasteiger partial charge < -0.3 is 12.9 Å². The van der Waals surface area contributed by atoms with Gasteiger partial charge in [-0.3, -0.25) is 4.79 Å². The van der Waals surface area contributed by atoms with E-state index in [9.17, 15) is 17.7 Å². The van der Waals surface area contributed by atoms with Gasteiger partial charge in [-0.15, -0.1) is 0 Å². The van der Waals surface area contributed by atoms with Gasteiger partial charge in [-0.1, -0.05) is 13.2 Å². The van der Waals surface area contributed by atoms with Crippen LogP contribution in [0.3, 0.4) is 0 Å². The maximum absolute atomic E-state index is 11.5. The van der Waals surface area contributed by atoms with Crippen LogP contribution in [0, 0.1) is 0 Å². The van der Waals surface area contributed by atoms with Gasteiger partial charge in [0.05, 0.1) is 0 Å². The average Bonchev–Trinajstić information content (AvgIpc) is 1.81. The predicted octanol–water partition coefficient (Wildman–Crippen LogP) is -0.793. The number of carbonyl (C=O) groups excluding carboxylic acids is 1. The van der Waals surface area contributed by atoms with Crippen molar-refractivity contribution in [2.45, 2.75) is 26.1 Å². The van der Waals surface area contributed by atoms with E-state index in [1.165, 1.54) is 0 Å². The van der Waals surface area contributed by atoms with E-state index >= 15 is 0 Å². The Morgan fingerprint density at radius 3 is 2.09 bits per heavy atom. The second-order valence-corrected chi connectivity index (χ2v) is 2.14. The molecule has 0 saturated carbocycles. The second-order valence-electron chi connectivity index (χ2n) is 2.14. The van der Waals surface area contributed by atoms with E-state index in [0.717, 1.165) is 0 Å². The van der Waals surface area contributed by atoms with Crippen molar-refractivity contribution in [2.75, 3.05) is 0 Å². The SMILES string of the molecule is CCC(=O)CC[B-](F)(F)F.[K+]. The molecule has 0 amide bonds. The third-order valence-electron chi connectivity index (χ3n) is 1.14. The summed E-state index contributed by atoms with van der Waals surface area (Å²) in [6.07, 6.45) is -1.07. The molecule has 0 unspecified atom stereocenters. The molecule has 11 heavy (non-hydrogen) atoms. The first-order chi connectivity index (χ1) is 4.45. The third kappa shape index (κ3) is 11.2. The molecule has 0 aliphatic rings. The number of hydrogen-bond acceptors (Lipinski definition) is 1. The first-order valence-electron chi connectivity index (χ1n) is 3.18. The average molecular weight is 192 g/mol. The van der Waals surface area contributed by atoms with Gasteiger partial charge in [-0.25, -0.2) is 0 Å². The molecule has 60 valence electrons. The minimum atomic E-state index is -4.76. The zero-order valence-corrected chi connectivity index (χ0v) is 9.86. The number of rotatable bonds is 4. The molecule has 0 aliphatic heterocycles. The van der Waals surface area contributed by atoms with Crippen molar-refractivity contribution in [3.8, 4) is 0 Å². The molecule has 6 heteroatoms. The van der Waals surface area contributed by atoms with Gasteiger partial charge in [-0.2, -0.15) is 0 Å². The fraction of sp³-hybridized carbons (Fsp3) is 0.800. The summed E-state index contributed by atoms with van der Waals surface area (Å²) in [5.74, 6) is -0.320. The minimum Gasteiger partial charge on any atom is -0.449 e. The van der Waals surface area contributed by atoms with Crippen molar-refractivity contribution in [2.24, 2.45) is 0 Å². The van der Waals surface area contributed by atoms with Crippen LogP contribution in [0.4, 0.5) is 12.9 Å². The van der Waals surface area contributed by atoms with Crippen molar-refractivity contribution >= 4 is 12.8 Å². The topological polar surface area (TPSA) is 17.1 Å². The van der Waals surface area contributed by atoms with Gasteiger partial charge in [-0.05, 0) is 6.42 Å². The Hall–Kier alpha value is 1.16. The Bertz CT molecular complexity index is 125. The molecule has 0 heterocycles. The molecule has 0 atom stereocenters. The van der Waals surface area contributed by atoms with Gasteiger partial charge in [0.2, 0.25) is 0 Å². The third-order valence-corrected chi connectivity index (χ3v) is 1.14. The molecular formula is C5H9BF3KO. The van der Waals surface area contributed by atoms with Crippen LogP contribution >= 0.6 is 0 Å². The van der Waals surface area contributed by atoms with Crippen LogP contribution < -0.4 is 51.4 Å². The number of Topliss-reactive ketones (excluding diaryl/α,β-unsaturated/α-hetero) is 1. The molecule has 0 aromatic carbocycles. The van der Waals surface area contributed by atoms with Crippen molar-refractivity contribution < 1.29 is 69.1 Å². The summed E-state index contributed by atoms with van der Waals surface area (Å²) in [7, 11) is 0. The monoisotopic (exact) mass is 192 g/mol. The molecule has 0 spiro atoms. The van der Waals surface area contributed by atoms with E-state index in [4.69, 9.17) is 0 Å². The standard InChI is InChI=1S/C5H9BF3O.K/c1-2-5(10)3-4-6(7,8)9;/h2-4H2,1H3;/q-1;+1. The molecule has 1 nitrogen and oxygen atoms in total. The minimum absolute atomic E-state index is 0. The van der Waals surface area contributed by atoms with Gasteiger partial charge in [0.15, 0.2) is 0 Å². The fourth-order valence-electron chi connectivity index (χ4n) is 0.501. The quantitative estimate of drug-likeness (QED) is 0.533. The normalized spacial score (nSPS) is 10.5. The summed E-state index contributed by atoms with van der Waals surface area (Å²) in [5.41, 5.74) is 0. The maximum Gasteiger partial charge on any atom is 1.00 e. The summed E-state index contributed by atoms with van der Waals surface area (Å²) in [4.78, 5) is 10.4. The van der Waals surface area contributed by atoms with Gasteiger partial charge in [0.25, 0.3) is 0 Å². The van der Waals surface area contributed by atoms with E-state index in [0.29, 0.717) is 0 Å². The Morgan fingerprint density at radius 2 is 1.82 bits per heavy atom. The molecule has 0 saturated heterocycles. The van der Waals surface area contributed by atoms with Crippen molar-refractivity contribution in [3.05, 3.63) is 0 Å². The Kier molecular flexibility index (Phi) is 8.87. The summed E-state index contributed by atoms with van der Waals surface area (Å²) >= 11 is 0. The van der Waals surface area contributed by atoms with Gasteiger partial charge in [0.1, 0.15) is 5.78 Å². The van der Waals surface area contributed by atoms with E-state index in [1.54, 1.807) is 6.92 Å². The van der Waals surface area contributed by atoms with Crippen LogP contribution in [-0.2, 0) is 4.79 Å². The summed E-state index contributed by atoms with van der Waals surface area (Å²) in [6.45, 7) is -3.20. The largest absolute Gasteiger partial charge is 1.00 e. The summed E-state index contributed by atoms with van der Waals surface area (Å²) in [6, 6.07) is 0. The first-order valence-corrected chi connectivity index (χ1v) is 3.18. The maximum atomic E-state index is 11.5. The van der Waals surface area contributed by atoms with Gasteiger partial charge >= 0.3 is 58.4 Å². The predicted molar refractivity (Wildman–Crippen MR) is 33.8 cm³/mol.